The second kappa shape index (κ2) is 8.29. The zero-order valence-electron chi connectivity index (χ0n) is 14.8. The second-order valence-corrected chi connectivity index (χ2v) is 7.86. The molecule has 1 fully saturated rings. The highest BCUT2D eigenvalue weighted by Gasteiger charge is 2.14. The van der Waals surface area contributed by atoms with Crippen molar-refractivity contribution < 1.29 is 4.79 Å². The Hall–Kier alpha value is -1.44. The molecule has 2 aromatic carbocycles. The smallest absolute Gasteiger partial charge is 0.255 e. The third-order valence-electron chi connectivity index (χ3n) is 4.65. The van der Waals surface area contributed by atoms with Crippen LogP contribution in [0.25, 0.3) is 0 Å². The molecule has 1 amide bonds. The maximum atomic E-state index is 12.4. The summed E-state index contributed by atoms with van der Waals surface area (Å²) in [4.78, 5) is 17.2. The Balaban J connectivity index is 1.58. The highest BCUT2D eigenvalue weighted by Crippen LogP contribution is 2.17. The predicted molar refractivity (Wildman–Crippen MR) is 111 cm³/mol. The SMILES string of the molecule is Cc1ccc(C(=O)Nc2ccc(CN3CCN(C)CC3)cc2)cc1I. The first-order valence-corrected chi connectivity index (χ1v) is 9.66. The van der Waals surface area contributed by atoms with Gasteiger partial charge in [-0.05, 0) is 72.0 Å². The van der Waals surface area contributed by atoms with E-state index >= 15 is 0 Å². The van der Waals surface area contributed by atoms with E-state index in [0.717, 1.165) is 42.0 Å². The Morgan fingerprint density at radius 2 is 1.76 bits per heavy atom. The molecule has 0 atom stereocenters. The summed E-state index contributed by atoms with van der Waals surface area (Å²) in [5.41, 5.74) is 4.00. The predicted octanol–water partition coefficient (Wildman–Crippen LogP) is 3.60. The van der Waals surface area contributed by atoms with Gasteiger partial charge >= 0.3 is 0 Å². The number of likely N-dealkylation sites (N-methyl/N-ethyl adjacent to an activating group) is 1. The van der Waals surface area contributed by atoms with Crippen molar-refractivity contribution in [3.8, 4) is 0 Å². The minimum Gasteiger partial charge on any atom is -0.322 e. The topological polar surface area (TPSA) is 35.6 Å². The van der Waals surface area contributed by atoms with Crippen LogP contribution in [0.4, 0.5) is 5.69 Å². The fourth-order valence-corrected chi connectivity index (χ4v) is 3.41. The minimum absolute atomic E-state index is 0.0651. The zero-order valence-corrected chi connectivity index (χ0v) is 16.9. The molecule has 0 spiro atoms. The lowest BCUT2D eigenvalue weighted by molar-refractivity contribution is 0.102. The molecule has 1 N–H and O–H groups in total. The maximum absolute atomic E-state index is 12.4. The van der Waals surface area contributed by atoms with Crippen molar-refractivity contribution in [3.05, 3.63) is 62.7 Å². The Morgan fingerprint density at radius 1 is 1.08 bits per heavy atom. The molecule has 0 saturated carbocycles. The molecule has 132 valence electrons. The van der Waals surface area contributed by atoms with E-state index in [1.165, 1.54) is 11.1 Å². The van der Waals surface area contributed by atoms with Crippen molar-refractivity contribution in [2.24, 2.45) is 0 Å². The van der Waals surface area contributed by atoms with E-state index < -0.39 is 0 Å². The van der Waals surface area contributed by atoms with Gasteiger partial charge in [0.05, 0.1) is 0 Å². The van der Waals surface area contributed by atoms with Crippen molar-refractivity contribution >= 4 is 34.2 Å². The normalized spacial score (nSPS) is 16.0. The Morgan fingerprint density at radius 3 is 2.40 bits per heavy atom. The number of halogens is 1. The minimum atomic E-state index is -0.0651. The van der Waals surface area contributed by atoms with Crippen LogP contribution in [0.15, 0.2) is 42.5 Å². The first-order valence-electron chi connectivity index (χ1n) is 8.58. The van der Waals surface area contributed by atoms with Gasteiger partial charge in [0.2, 0.25) is 0 Å². The standard InChI is InChI=1S/C20H24IN3O/c1-15-3-6-17(13-19(15)21)20(25)22-18-7-4-16(5-8-18)14-24-11-9-23(2)10-12-24/h3-8,13H,9-12,14H2,1-2H3,(H,22,25). The fraction of sp³-hybridized carbons (Fsp3) is 0.350. The van der Waals surface area contributed by atoms with Crippen LogP contribution >= 0.6 is 22.6 Å². The molecule has 1 aliphatic heterocycles. The van der Waals surface area contributed by atoms with Crippen molar-refractivity contribution in [2.75, 3.05) is 38.5 Å². The number of hydrogen-bond donors (Lipinski definition) is 1. The van der Waals surface area contributed by atoms with Crippen LogP contribution in [0.1, 0.15) is 21.5 Å². The molecule has 1 aliphatic rings. The lowest BCUT2D eigenvalue weighted by Crippen LogP contribution is -2.43. The number of hydrogen-bond acceptors (Lipinski definition) is 3. The number of amides is 1. The Kier molecular flexibility index (Phi) is 6.09. The maximum Gasteiger partial charge on any atom is 0.255 e. The van der Waals surface area contributed by atoms with Crippen molar-refractivity contribution in [3.63, 3.8) is 0 Å². The van der Waals surface area contributed by atoms with Crippen molar-refractivity contribution in [1.82, 2.24) is 9.80 Å². The number of carbonyl (C=O) groups is 1. The summed E-state index contributed by atoms with van der Waals surface area (Å²) in [6, 6.07) is 14.0. The van der Waals surface area contributed by atoms with E-state index in [1.807, 2.05) is 37.3 Å². The number of nitrogens with zero attached hydrogens (tertiary/aromatic N) is 2. The lowest BCUT2D eigenvalue weighted by Gasteiger charge is -2.32. The monoisotopic (exact) mass is 449 g/mol. The van der Waals surface area contributed by atoms with Crippen LogP contribution in [-0.2, 0) is 6.54 Å². The summed E-state index contributed by atoms with van der Waals surface area (Å²) in [6.07, 6.45) is 0. The first-order chi connectivity index (χ1) is 12.0. The van der Waals surface area contributed by atoms with Gasteiger partial charge in [0.15, 0.2) is 0 Å². The molecule has 1 heterocycles. The van der Waals surface area contributed by atoms with Crippen LogP contribution in [-0.4, -0.2) is 48.9 Å². The van der Waals surface area contributed by atoms with Gasteiger partial charge in [-0.25, -0.2) is 0 Å². The van der Waals surface area contributed by atoms with Gasteiger partial charge < -0.3 is 10.2 Å². The summed E-state index contributed by atoms with van der Waals surface area (Å²) in [6.45, 7) is 7.50. The summed E-state index contributed by atoms with van der Waals surface area (Å²) < 4.78 is 1.10. The van der Waals surface area contributed by atoms with Gasteiger partial charge in [-0.1, -0.05) is 18.2 Å². The zero-order chi connectivity index (χ0) is 17.8. The second-order valence-electron chi connectivity index (χ2n) is 6.69. The van der Waals surface area contributed by atoms with E-state index in [2.05, 4.69) is 56.9 Å². The van der Waals surface area contributed by atoms with E-state index in [1.54, 1.807) is 0 Å². The highest BCUT2D eigenvalue weighted by molar-refractivity contribution is 14.1. The van der Waals surface area contributed by atoms with Gasteiger partial charge in [0.1, 0.15) is 0 Å². The van der Waals surface area contributed by atoms with Crippen LogP contribution in [0.2, 0.25) is 0 Å². The van der Waals surface area contributed by atoms with Crippen LogP contribution < -0.4 is 5.32 Å². The molecule has 4 nitrogen and oxygen atoms in total. The summed E-state index contributed by atoms with van der Waals surface area (Å²) in [5, 5.41) is 2.98. The van der Waals surface area contributed by atoms with Crippen LogP contribution in [0.3, 0.4) is 0 Å². The van der Waals surface area contributed by atoms with Gasteiger partial charge in [-0.3, -0.25) is 9.69 Å². The van der Waals surface area contributed by atoms with Crippen LogP contribution in [0.5, 0.6) is 0 Å². The number of nitrogens with one attached hydrogen (secondary N) is 1. The molecule has 25 heavy (non-hydrogen) atoms. The number of benzene rings is 2. The average Bonchev–Trinajstić information content (AvgIpc) is 2.61. The Bertz CT molecular complexity index is 737. The first kappa shape index (κ1) is 18.4. The highest BCUT2D eigenvalue weighted by atomic mass is 127. The molecule has 0 unspecified atom stereocenters. The van der Waals surface area contributed by atoms with E-state index in [-0.39, 0.29) is 5.91 Å². The molecule has 5 heteroatoms. The molecule has 2 aromatic rings. The molecular formula is C20H24IN3O. The molecular weight excluding hydrogens is 425 g/mol. The van der Waals surface area contributed by atoms with E-state index in [4.69, 9.17) is 0 Å². The molecule has 0 radical (unpaired) electrons. The number of carbonyl (C=O) groups excluding carboxylic acids is 1. The van der Waals surface area contributed by atoms with E-state index in [9.17, 15) is 4.79 Å². The number of piperazine rings is 1. The third kappa shape index (κ3) is 5.03. The third-order valence-corrected chi connectivity index (χ3v) is 5.81. The average molecular weight is 449 g/mol. The van der Waals surface area contributed by atoms with Gasteiger partial charge in [-0.2, -0.15) is 0 Å². The Labute approximate surface area is 163 Å². The number of rotatable bonds is 4. The molecule has 3 rings (SSSR count). The quantitative estimate of drug-likeness (QED) is 0.725. The number of anilines is 1. The summed E-state index contributed by atoms with van der Waals surface area (Å²) >= 11 is 2.26. The number of aryl methyl sites for hydroxylation is 1. The molecule has 0 aliphatic carbocycles. The fourth-order valence-electron chi connectivity index (χ4n) is 2.90. The summed E-state index contributed by atoms with van der Waals surface area (Å²) in [7, 11) is 2.17. The van der Waals surface area contributed by atoms with Crippen LogP contribution in [0, 0.1) is 10.5 Å². The van der Waals surface area contributed by atoms with Gasteiger partial charge in [0, 0.05) is 47.5 Å². The summed E-state index contributed by atoms with van der Waals surface area (Å²) in [5.74, 6) is -0.0651. The van der Waals surface area contributed by atoms with Gasteiger partial charge in [-0.15, -0.1) is 0 Å². The molecule has 1 saturated heterocycles. The largest absolute Gasteiger partial charge is 0.322 e. The molecule has 0 bridgehead atoms. The lowest BCUT2D eigenvalue weighted by atomic mass is 10.1. The van der Waals surface area contributed by atoms with E-state index in [0.29, 0.717) is 5.56 Å². The van der Waals surface area contributed by atoms with Gasteiger partial charge in [0.25, 0.3) is 5.91 Å². The molecule has 0 aromatic heterocycles. The van der Waals surface area contributed by atoms with Crippen molar-refractivity contribution in [2.45, 2.75) is 13.5 Å². The van der Waals surface area contributed by atoms with Crippen molar-refractivity contribution in [1.29, 1.82) is 0 Å².